The largest absolute Gasteiger partial charge is 0.358 e. The molecular formula is C19H21N3O4S. The lowest BCUT2D eigenvalue weighted by Crippen LogP contribution is -2.44. The van der Waals surface area contributed by atoms with Gasteiger partial charge in [0, 0.05) is 23.9 Å². The molecule has 1 saturated heterocycles. The monoisotopic (exact) mass is 387 g/mol. The van der Waals surface area contributed by atoms with E-state index in [2.05, 4.69) is 15.6 Å². The highest BCUT2D eigenvalue weighted by molar-refractivity contribution is 8.00. The van der Waals surface area contributed by atoms with Crippen LogP contribution in [-0.2, 0) is 14.4 Å². The van der Waals surface area contributed by atoms with Crippen molar-refractivity contribution in [3.8, 4) is 0 Å². The maximum absolute atomic E-state index is 12.4. The number of imide groups is 1. The minimum Gasteiger partial charge on any atom is -0.358 e. The molecule has 1 aromatic rings. The van der Waals surface area contributed by atoms with Crippen molar-refractivity contribution in [2.45, 2.75) is 42.8 Å². The molecule has 2 atom stereocenters. The summed E-state index contributed by atoms with van der Waals surface area (Å²) in [7, 11) is 1.60. The van der Waals surface area contributed by atoms with Crippen molar-refractivity contribution < 1.29 is 19.2 Å². The predicted octanol–water partition coefficient (Wildman–Crippen LogP) is 1.69. The predicted molar refractivity (Wildman–Crippen MR) is 102 cm³/mol. The summed E-state index contributed by atoms with van der Waals surface area (Å²) < 4.78 is 0. The first kappa shape index (κ1) is 19.3. The molecule has 1 aromatic carbocycles. The Hall–Kier alpha value is -2.48. The van der Waals surface area contributed by atoms with Crippen molar-refractivity contribution in [3.63, 3.8) is 0 Å². The number of piperidine rings is 1. The van der Waals surface area contributed by atoms with Crippen molar-refractivity contribution in [2.75, 3.05) is 7.05 Å². The Balaban J connectivity index is 1.97. The molecule has 0 bridgehead atoms. The number of thioether (sulfide) groups is 1. The molecule has 0 aliphatic carbocycles. The van der Waals surface area contributed by atoms with Crippen molar-refractivity contribution in [3.05, 3.63) is 29.3 Å². The Bertz CT molecular complexity index is 849. The van der Waals surface area contributed by atoms with Gasteiger partial charge in [0.25, 0.3) is 5.91 Å². The first-order valence-electron chi connectivity index (χ1n) is 8.94. The number of carbonyl (C=O) groups excluding carboxylic acids is 4. The van der Waals surface area contributed by atoms with Gasteiger partial charge >= 0.3 is 0 Å². The summed E-state index contributed by atoms with van der Waals surface area (Å²) in [6.07, 6.45) is 2.06. The molecule has 2 aliphatic rings. The van der Waals surface area contributed by atoms with Gasteiger partial charge in [0.2, 0.25) is 17.7 Å². The minimum atomic E-state index is -0.640. The van der Waals surface area contributed by atoms with Gasteiger partial charge in [-0.1, -0.05) is 19.4 Å². The van der Waals surface area contributed by atoms with Crippen LogP contribution in [-0.4, -0.2) is 41.6 Å². The molecule has 2 unspecified atom stereocenters. The molecule has 0 saturated carbocycles. The fourth-order valence-electron chi connectivity index (χ4n) is 3.32. The average molecular weight is 387 g/mol. The second-order valence-corrected chi connectivity index (χ2v) is 7.74. The number of hydrogen-bond donors (Lipinski definition) is 2. The number of fused-ring (bicyclic) bond motifs is 1. The molecule has 2 aliphatic heterocycles. The van der Waals surface area contributed by atoms with Gasteiger partial charge < -0.3 is 5.32 Å². The number of amides is 4. The summed E-state index contributed by atoms with van der Waals surface area (Å²) in [6, 6.07) is 5.28. The number of rotatable bonds is 6. The summed E-state index contributed by atoms with van der Waals surface area (Å²) in [5, 5.41) is 4.69. The van der Waals surface area contributed by atoms with Gasteiger partial charge in [-0.05, 0) is 25.0 Å². The highest BCUT2D eigenvalue weighted by Gasteiger charge is 2.38. The zero-order valence-corrected chi connectivity index (χ0v) is 16.0. The van der Waals surface area contributed by atoms with Crippen LogP contribution in [0.25, 0.3) is 0 Å². The molecule has 3 rings (SSSR count). The third-order valence-corrected chi connectivity index (χ3v) is 5.99. The molecular weight excluding hydrogens is 366 g/mol. The Morgan fingerprint density at radius 2 is 2.15 bits per heavy atom. The fraction of sp³-hybridized carbons (Fsp3) is 0.421. The van der Waals surface area contributed by atoms with Crippen molar-refractivity contribution in [1.82, 2.24) is 10.6 Å². The van der Waals surface area contributed by atoms with E-state index in [-0.39, 0.29) is 29.4 Å². The molecule has 2 N–H and O–H groups in total. The number of nitrogens with one attached hydrogen (secondary N) is 2. The number of benzene rings is 1. The molecule has 142 valence electrons. The SMILES string of the molecule is CCCC(Sc1cccc2c1C(C1CCC(=O)NC1=O)=NC2=O)C(=O)NC. The van der Waals surface area contributed by atoms with Crippen molar-refractivity contribution in [2.24, 2.45) is 10.9 Å². The Kier molecular flexibility index (Phi) is 5.74. The van der Waals surface area contributed by atoms with Crippen LogP contribution in [0.3, 0.4) is 0 Å². The van der Waals surface area contributed by atoms with E-state index in [0.717, 1.165) is 11.3 Å². The van der Waals surface area contributed by atoms with E-state index in [1.54, 1.807) is 19.2 Å². The summed E-state index contributed by atoms with van der Waals surface area (Å²) in [5.41, 5.74) is 1.45. The topological polar surface area (TPSA) is 105 Å². The zero-order valence-electron chi connectivity index (χ0n) is 15.2. The first-order chi connectivity index (χ1) is 13.0. The Labute approximate surface area is 161 Å². The molecule has 0 aromatic heterocycles. The molecule has 8 heteroatoms. The van der Waals surface area contributed by atoms with Gasteiger partial charge in [-0.25, -0.2) is 4.99 Å². The lowest BCUT2D eigenvalue weighted by atomic mass is 9.88. The highest BCUT2D eigenvalue weighted by atomic mass is 32.2. The molecule has 0 spiro atoms. The number of aliphatic imine (C=N–C) groups is 1. The van der Waals surface area contributed by atoms with Crippen molar-refractivity contribution in [1.29, 1.82) is 0 Å². The zero-order chi connectivity index (χ0) is 19.6. The quantitative estimate of drug-likeness (QED) is 0.571. The van der Waals surface area contributed by atoms with E-state index in [9.17, 15) is 19.2 Å². The molecule has 27 heavy (non-hydrogen) atoms. The van der Waals surface area contributed by atoms with Crippen LogP contribution in [0, 0.1) is 5.92 Å². The number of hydrogen-bond acceptors (Lipinski definition) is 5. The van der Waals surface area contributed by atoms with Crippen molar-refractivity contribution >= 4 is 41.1 Å². The van der Waals surface area contributed by atoms with E-state index < -0.39 is 11.8 Å². The van der Waals surface area contributed by atoms with E-state index in [4.69, 9.17) is 0 Å². The Morgan fingerprint density at radius 3 is 2.81 bits per heavy atom. The number of carbonyl (C=O) groups is 4. The third-order valence-electron chi connectivity index (χ3n) is 4.66. The molecule has 7 nitrogen and oxygen atoms in total. The second-order valence-electron chi connectivity index (χ2n) is 6.49. The lowest BCUT2D eigenvalue weighted by molar-refractivity contribution is -0.134. The van der Waals surface area contributed by atoms with Gasteiger partial charge in [-0.2, -0.15) is 0 Å². The van der Waals surface area contributed by atoms with Crippen LogP contribution in [0.4, 0.5) is 0 Å². The van der Waals surface area contributed by atoms with E-state index >= 15 is 0 Å². The van der Waals surface area contributed by atoms with Crippen LogP contribution in [0.1, 0.15) is 48.5 Å². The second kappa shape index (κ2) is 8.04. The normalized spacial score (nSPS) is 20.0. The maximum atomic E-state index is 12.4. The summed E-state index contributed by atoms with van der Waals surface area (Å²) in [5.74, 6) is -1.85. The van der Waals surface area contributed by atoms with Crippen LogP contribution in [0.15, 0.2) is 28.1 Å². The van der Waals surface area contributed by atoms with Crippen LogP contribution >= 0.6 is 11.8 Å². The molecule has 0 radical (unpaired) electrons. The summed E-state index contributed by atoms with van der Waals surface area (Å²) >= 11 is 1.38. The summed E-state index contributed by atoms with van der Waals surface area (Å²) in [4.78, 5) is 53.2. The maximum Gasteiger partial charge on any atom is 0.277 e. The molecule has 1 fully saturated rings. The van der Waals surface area contributed by atoms with Gasteiger partial charge in [-0.15, -0.1) is 11.8 Å². The van der Waals surface area contributed by atoms with E-state index in [0.29, 0.717) is 29.7 Å². The highest BCUT2D eigenvalue weighted by Crippen LogP contribution is 2.37. The van der Waals surface area contributed by atoms with Gasteiger partial charge in [0.05, 0.1) is 22.4 Å². The third kappa shape index (κ3) is 3.80. The van der Waals surface area contributed by atoms with Crippen LogP contribution in [0.2, 0.25) is 0 Å². The Morgan fingerprint density at radius 1 is 1.37 bits per heavy atom. The van der Waals surface area contributed by atoms with Gasteiger partial charge in [0.15, 0.2) is 0 Å². The minimum absolute atomic E-state index is 0.0803. The van der Waals surface area contributed by atoms with Gasteiger partial charge in [-0.3, -0.25) is 24.5 Å². The lowest BCUT2D eigenvalue weighted by Gasteiger charge is -2.23. The van der Waals surface area contributed by atoms with E-state index in [1.807, 2.05) is 13.0 Å². The number of nitrogens with zero attached hydrogens (tertiary/aromatic N) is 1. The van der Waals surface area contributed by atoms with Crippen LogP contribution in [0.5, 0.6) is 0 Å². The van der Waals surface area contributed by atoms with Gasteiger partial charge in [0.1, 0.15) is 0 Å². The molecule has 4 amide bonds. The molecule has 2 heterocycles. The average Bonchev–Trinajstić information content (AvgIpc) is 2.98. The van der Waals surface area contributed by atoms with Crippen LogP contribution < -0.4 is 10.6 Å². The van der Waals surface area contributed by atoms with E-state index in [1.165, 1.54) is 11.8 Å². The fourth-order valence-corrected chi connectivity index (χ4v) is 4.70. The first-order valence-corrected chi connectivity index (χ1v) is 9.82. The summed E-state index contributed by atoms with van der Waals surface area (Å²) in [6.45, 7) is 2.01. The standard InChI is InChI=1S/C19H21N3O4S/c1-3-5-13(19(26)20-2)27-12-7-4-6-10-15(12)16(22-17(10)24)11-8-9-14(23)21-18(11)25/h4,6-7,11,13H,3,5,8-9H2,1-2H3,(H,20,26)(H,21,23,25). The smallest absolute Gasteiger partial charge is 0.277 e.